The van der Waals surface area contributed by atoms with Crippen LogP contribution in [0, 0.1) is 11.3 Å². The van der Waals surface area contributed by atoms with E-state index < -0.39 is 5.91 Å². The highest BCUT2D eigenvalue weighted by atomic mass is 16.5. The largest absolute Gasteiger partial charge is 0.497 e. The first-order valence-electron chi connectivity index (χ1n) is 9.12. The van der Waals surface area contributed by atoms with Crippen LogP contribution < -0.4 is 15.0 Å². The number of hydrogen-bond acceptors (Lipinski definition) is 4. The number of anilines is 2. The highest BCUT2D eigenvalue weighted by Gasteiger charge is 2.12. The molecule has 5 heteroatoms. The second kappa shape index (κ2) is 8.91. The number of carbonyl (C=O) groups is 1. The lowest BCUT2D eigenvalue weighted by atomic mass is 10.1. The fourth-order valence-electron chi connectivity index (χ4n) is 3.12. The van der Waals surface area contributed by atoms with Gasteiger partial charge in [-0.25, -0.2) is 0 Å². The van der Waals surface area contributed by atoms with Crippen molar-refractivity contribution >= 4 is 23.4 Å². The first kappa shape index (κ1) is 18.5. The number of nitrogens with one attached hydrogen (secondary N) is 1. The molecule has 2 aromatic rings. The van der Waals surface area contributed by atoms with Gasteiger partial charge in [0.15, 0.2) is 0 Å². The van der Waals surface area contributed by atoms with Gasteiger partial charge in [0.25, 0.3) is 5.91 Å². The van der Waals surface area contributed by atoms with Crippen LogP contribution in [0.5, 0.6) is 5.75 Å². The van der Waals surface area contributed by atoms with E-state index in [4.69, 9.17) is 4.74 Å². The van der Waals surface area contributed by atoms with Crippen LogP contribution in [0.1, 0.15) is 24.8 Å². The Morgan fingerprint density at radius 1 is 1.07 bits per heavy atom. The summed E-state index contributed by atoms with van der Waals surface area (Å²) in [6.45, 7) is 2.16. The summed E-state index contributed by atoms with van der Waals surface area (Å²) in [4.78, 5) is 14.8. The summed E-state index contributed by atoms with van der Waals surface area (Å²) in [5.41, 5.74) is 2.67. The van der Waals surface area contributed by atoms with Crippen LogP contribution in [0.15, 0.2) is 54.1 Å². The Kier molecular flexibility index (Phi) is 6.11. The van der Waals surface area contributed by atoms with E-state index in [0.29, 0.717) is 5.69 Å². The minimum Gasteiger partial charge on any atom is -0.497 e. The van der Waals surface area contributed by atoms with Gasteiger partial charge < -0.3 is 15.0 Å². The number of methoxy groups -OCH3 is 1. The minimum absolute atomic E-state index is 0.0558. The Bertz CT molecular complexity index is 843. The molecule has 1 amide bonds. The summed E-state index contributed by atoms with van der Waals surface area (Å²) < 4.78 is 5.11. The van der Waals surface area contributed by atoms with Crippen molar-refractivity contribution in [1.82, 2.24) is 0 Å². The lowest BCUT2D eigenvalue weighted by molar-refractivity contribution is -0.112. The van der Waals surface area contributed by atoms with Gasteiger partial charge in [0.05, 0.1) is 7.11 Å². The van der Waals surface area contributed by atoms with Crippen LogP contribution in [0.25, 0.3) is 6.08 Å². The molecule has 1 aliphatic heterocycles. The van der Waals surface area contributed by atoms with Crippen LogP contribution >= 0.6 is 0 Å². The molecule has 1 heterocycles. The molecule has 0 atom stereocenters. The van der Waals surface area contributed by atoms with E-state index in [1.54, 1.807) is 37.5 Å². The van der Waals surface area contributed by atoms with Crippen molar-refractivity contribution < 1.29 is 9.53 Å². The molecule has 5 nitrogen and oxygen atoms in total. The van der Waals surface area contributed by atoms with E-state index in [1.165, 1.54) is 24.9 Å². The van der Waals surface area contributed by atoms with E-state index in [0.717, 1.165) is 24.4 Å². The summed E-state index contributed by atoms with van der Waals surface area (Å²) >= 11 is 0. The van der Waals surface area contributed by atoms with Crippen molar-refractivity contribution in [2.75, 3.05) is 30.4 Å². The molecule has 138 valence electrons. The average Bonchev–Trinajstić information content (AvgIpc) is 2.73. The number of amides is 1. The molecule has 1 N–H and O–H groups in total. The van der Waals surface area contributed by atoms with Crippen LogP contribution in [0.2, 0.25) is 0 Å². The molecule has 0 spiro atoms. The van der Waals surface area contributed by atoms with Crippen molar-refractivity contribution in [2.24, 2.45) is 0 Å². The maximum Gasteiger partial charge on any atom is 0.266 e. The summed E-state index contributed by atoms with van der Waals surface area (Å²) in [5.74, 6) is 0.308. The monoisotopic (exact) mass is 361 g/mol. The van der Waals surface area contributed by atoms with E-state index in [9.17, 15) is 10.1 Å². The lowest BCUT2D eigenvalue weighted by Gasteiger charge is -2.28. The van der Waals surface area contributed by atoms with Gasteiger partial charge in [-0.3, -0.25) is 4.79 Å². The zero-order chi connectivity index (χ0) is 19.1. The maximum absolute atomic E-state index is 12.4. The number of carbonyl (C=O) groups excluding carboxylic acids is 1. The Balaban J connectivity index is 1.67. The predicted octanol–water partition coefficient (Wildman–Crippen LogP) is 4.23. The standard InChI is InChI=1S/C22H23N3O2/c1-27-21-11-5-17(6-12-21)15-18(16-23)22(26)24-19-7-9-20(10-8-19)25-13-3-2-4-14-25/h5-12,15H,2-4,13-14H2,1H3,(H,24,26)/b18-15-. The van der Waals surface area contributed by atoms with Gasteiger partial charge in [-0.2, -0.15) is 5.26 Å². The quantitative estimate of drug-likeness (QED) is 0.639. The molecular formula is C22H23N3O2. The predicted molar refractivity (Wildman–Crippen MR) is 108 cm³/mol. The zero-order valence-corrected chi connectivity index (χ0v) is 15.4. The molecule has 0 saturated carbocycles. The van der Waals surface area contributed by atoms with Crippen molar-refractivity contribution in [3.8, 4) is 11.8 Å². The summed E-state index contributed by atoms with van der Waals surface area (Å²) in [7, 11) is 1.59. The molecule has 27 heavy (non-hydrogen) atoms. The van der Waals surface area contributed by atoms with Crippen LogP contribution in [-0.4, -0.2) is 26.1 Å². The number of nitrogens with zero attached hydrogens (tertiary/aromatic N) is 2. The normalized spacial score (nSPS) is 14.4. The fraction of sp³-hybridized carbons (Fsp3) is 0.273. The second-order valence-electron chi connectivity index (χ2n) is 6.49. The smallest absolute Gasteiger partial charge is 0.266 e. The Morgan fingerprint density at radius 2 is 1.74 bits per heavy atom. The molecule has 3 rings (SSSR count). The second-order valence-corrected chi connectivity index (χ2v) is 6.49. The average molecular weight is 361 g/mol. The van der Waals surface area contributed by atoms with Gasteiger partial charge in [0.2, 0.25) is 0 Å². The SMILES string of the molecule is COc1ccc(/C=C(/C#N)C(=O)Nc2ccc(N3CCCCC3)cc2)cc1. The van der Waals surface area contributed by atoms with E-state index in [-0.39, 0.29) is 5.57 Å². The van der Waals surface area contributed by atoms with Gasteiger partial charge in [-0.15, -0.1) is 0 Å². The lowest BCUT2D eigenvalue weighted by Crippen LogP contribution is -2.29. The molecule has 0 unspecified atom stereocenters. The van der Waals surface area contributed by atoms with Crippen molar-refractivity contribution in [2.45, 2.75) is 19.3 Å². The number of piperidine rings is 1. The molecule has 0 aliphatic carbocycles. The minimum atomic E-state index is -0.418. The summed E-state index contributed by atoms with van der Waals surface area (Å²) in [5, 5.41) is 12.1. The molecule has 1 saturated heterocycles. The van der Waals surface area contributed by atoms with Gasteiger partial charge in [0, 0.05) is 24.5 Å². The summed E-state index contributed by atoms with van der Waals surface area (Å²) in [6, 6.07) is 16.9. The third kappa shape index (κ3) is 4.89. The molecule has 0 bridgehead atoms. The highest BCUT2D eigenvalue weighted by molar-refractivity contribution is 6.09. The topological polar surface area (TPSA) is 65.4 Å². The van der Waals surface area contributed by atoms with Gasteiger partial charge in [-0.1, -0.05) is 12.1 Å². The molecule has 0 radical (unpaired) electrons. The number of hydrogen-bond donors (Lipinski definition) is 1. The summed E-state index contributed by atoms with van der Waals surface area (Å²) in [6.07, 6.45) is 5.30. The van der Waals surface area contributed by atoms with E-state index in [2.05, 4.69) is 10.2 Å². The third-order valence-electron chi connectivity index (χ3n) is 4.64. The number of rotatable bonds is 5. The Hall–Kier alpha value is -3.26. The molecular weight excluding hydrogens is 338 g/mol. The third-order valence-corrected chi connectivity index (χ3v) is 4.64. The fourth-order valence-corrected chi connectivity index (χ4v) is 3.12. The first-order valence-corrected chi connectivity index (χ1v) is 9.12. The van der Waals surface area contributed by atoms with E-state index >= 15 is 0 Å². The molecule has 0 aromatic heterocycles. The molecule has 1 aliphatic rings. The number of ether oxygens (including phenoxy) is 1. The highest BCUT2D eigenvalue weighted by Crippen LogP contribution is 2.22. The van der Waals surface area contributed by atoms with Crippen molar-refractivity contribution in [3.05, 3.63) is 59.7 Å². The number of nitriles is 1. The van der Waals surface area contributed by atoms with Crippen LogP contribution in [0.3, 0.4) is 0 Å². The Labute approximate surface area is 159 Å². The zero-order valence-electron chi connectivity index (χ0n) is 15.4. The van der Waals surface area contributed by atoms with E-state index in [1.807, 2.05) is 30.3 Å². The van der Waals surface area contributed by atoms with Gasteiger partial charge in [-0.05, 0) is 67.3 Å². The first-order chi connectivity index (χ1) is 13.2. The van der Waals surface area contributed by atoms with Gasteiger partial charge in [0.1, 0.15) is 17.4 Å². The number of benzene rings is 2. The van der Waals surface area contributed by atoms with Crippen LogP contribution in [-0.2, 0) is 4.79 Å². The maximum atomic E-state index is 12.4. The molecule has 1 fully saturated rings. The molecule has 2 aromatic carbocycles. The van der Waals surface area contributed by atoms with Crippen LogP contribution in [0.4, 0.5) is 11.4 Å². The van der Waals surface area contributed by atoms with Crippen molar-refractivity contribution in [3.63, 3.8) is 0 Å². The Morgan fingerprint density at radius 3 is 2.33 bits per heavy atom. The van der Waals surface area contributed by atoms with Gasteiger partial charge >= 0.3 is 0 Å². The van der Waals surface area contributed by atoms with Crippen molar-refractivity contribution in [1.29, 1.82) is 5.26 Å².